The lowest BCUT2D eigenvalue weighted by Crippen LogP contribution is -2.36. The van der Waals surface area contributed by atoms with E-state index in [0.29, 0.717) is 22.0 Å². The van der Waals surface area contributed by atoms with Crippen molar-refractivity contribution in [1.29, 1.82) is 0 Å². The summed E-state index contributed by atoms with van der Waals surface area (Å²) in [5, 5.41) is 2.60. The Labute approximate surface area is 188 Å². The molecule has 160 valence electrons. The summed E-state index contributed by atoms with van der Waals surface area (Å²) in [7, 11) is 0. The van der Waals surface area contributed by atoms with E-state index in [1.807, 2.05) is 4.90 Å². The van der Waals surface area contributed by atoms with Crippen molar-refractivity contribution in [2.45, 2.75) is 12.8 Å². The fourth-order valence-corrected chi connectivity index (χ4v) is 4.46. The highest BCUT2D eigenvalue weighted by atomic mass is 35.5. The van der Waals surface area contributed by atoms with Gasteiger partial charge in [0.2, 0.25) is 5.91 Å². The van der Waals surface area contributed by atoms with Crippen LogP contribution in [-0.2, 0) is 9.59 Å². The van der Waals surface area contributed by atoms with Gasteiger partial charge in [0, 0.05) is 23.8 Å². The van der Waals surface area contributed by atoms with Crippen LogP contribution in [0.3, 0.4) is 0 Å². The zero-order chi connectivity index (χ0) is 22.0. The van der Waals surface area contributed by atoms with Crippen molar-refractivity contribution in [2.24, 2.45) is 0 Å². The minimum atomic E-state index is -0.578. The summed E-state index contributed by atoms with van der Waals surface area (Å²) < 4.78 is 14.5. The first-order valence-corrected chi connectivity index (χ1v) is 11.0. The van der Waals surface area contributed by atoms with Gasteiger partial charge in [-0.2, -0.15) is 0 Å². The number of carbonyl (C=O) groups is 3. The van der Waals surface area contributed by atoms with Gasteiger partial charge in [-0.3, -0.25) is 19.3 Å². The van der Waals surface area contributed by atoms with Gasteiger partial charge in [-0.1, -0.05) is 17.7 Å². The molecule has 31 heavy (non-hydrogen) atoms. The van der Waals surface area contributed by atoms with Crippen molar-refractivity contribution in [3.05, 3.63) is 63.8 Å². The highest BCUT2D eigenvalue weighted by molar-refractivity contribution is 8.18. The number of anilines is 2. The second-order valence-electron chi connectivity index (χ2n) is 7.23. The third-order valence-electron chi connectivity index (χ3n) is 5.02. The van der Waals surface area contributed by atoms with E-state index in [0.717, 1.165) is 42.6 Å². The van der Waals surface area contributed by atoms with E-state index in [-0.39, 0.29) is 10.7 Å². The molecule has 2 fully saturated rings. The molecule has 0 saturated carbocycles. The van der Waals surface area contributed by atoms with E-state index in [1.165, 1.54) is 12.1 Å². The van der Waals surface area contributed by atoms with Crippen LogP contribution in [0.15, 0.2) is 47.4 Å². The van der Waals surface area contributed by atoms with E-state index < -0.39 is 23.6 Å². The maximum Gasteiger partial charge on any atom is 0.294 e. The van der Waals surface area contributed by atoms with E-state index in [1.54, 1.807) is 36.4 Å². The van der Waals surface area contributed by atoms with Gasteiger partial charge in [0.05, 0.1) is 10.6 Å². The molecule has 4 rings (SSSR count). The maximum absolute atomic E-state index is 14.5. The predicted molar refractivity (Wildman–Crippen MR) is 121 cm³/mol. The van der Waals surface area contributed by atoms with Crippen LogP contribution < -0.4 is 10.2 Å². The number of carbonyl (C=O) groups excluding carboxylic acids is 3. The molecule has 0 bridgehead atoms. The topological polar surface area (TPSA) is 69.7 Å². The average Bonchev–Trinajstić information content (AvgIpc) is 3.35. The van der Waals surface area contributed by atoms with E-state index in [4.69, 9.17) is 11.6 Å². The zero-order valence-electron chi connectivity index (χ0n) is 16.4. The first kappa shape index (κ1) is 21.4. The SMILES string of the molecule is O=C(CN1C(=O)S/C(=C\c2ccc(N3CCCC3)c(F)c2)C1=O)Nc1ccc(Cl)cc1. The molecule has 0 unspecified atom stereocenters. The van der Waals surface area contributed by atoms with Crippen LogP contribution in [0.25, 0.3) is 6.08 Å². The number of nitrogens with zero attached hydrogens (tertiary/aromatic N) is 2. The lowest BCUT2D eigenvalue weighted by molar-refractivity contribution is -0.127. The van der Waals surface area contributed by atoms with Crippen LogP contribution in [0.2, 0.25) is 5.02 Å². The van der Waals surface area contributed by atoms with Gasteiger partial charge in [0.1, 0.15) is 12.4 Å². The van der Waals surface area contributed by atoms with Crippen molar-refractivity contribution >= 4 is 57.9 Å². The molecule has 0 spiro atoms. The summed E-state index contributed by atoms with van der Waals surface area (Å²) in [6, 6.07) is 11.2. The lowest BCUT2D eigenvalue weighted by Gasteiger charge is -2.18. The molecule has 9 heteroatoms. The molecule has 2 aromatic carbocycles. The Hall–Kier alpha value is -2.84. The molecule has 0 atom stereocenters. The van der Waals surface area contributed by atoms with Crippen molar-refractivity contribution in [2.75, 3.05) is 29.9 Å². The number of thioether (sulfide) groups is 1. The van der Waals surface area contributed by atoms with Crippen LogP contribution in [0.4, 0.5) is 20.6 Å². The van der Waals surface area contributed by atoms with Crippen LogP contribution in [-0.4, -0.2) is 41.6 Å². The van der Waals surface area contributed by atoms with Gasteiger partial charge >= 0.3 is 0 Å². The molecule has 2 heterocycles. The van der Waals surface area contributed by atoms with Gasteiger partial charge in [-0.05, 0) is 72.6 Å². The maximum atomic E-state index is 14.5. The molecule has 6 nitrogen and oxygen atoms in total. The number of amides is 3. The molecule has 2 aliphatic heterocycles. The van der Waals surface area contributed by atoms with Crippen LogP contribution in [0.5, 0.6) is 0 Å². The fraction of sp³-hybridized carbons (Fsp3) is 0.227. The van der Waals surface area contributed by atoms with E-state index >= 15 is 0 Å². The third-order valence-corrected chi connectivity index (χ3v) is 6.18. The molecule has 2 saturated heterocycles. The number of nitrogens with one attached hydrogen (secondary N) is 1. The van der Waals surface area contributed by atoms with Crippen LogP contribution in [0, 0.1) is 5.82 Å². The Morgan fingerprint density at radius 1 is 1.13 bits per heavy atom. The molecule has 2 aromatic rings. The molecule has 0 aromatic heterocycles. The van der Waals surface area contributed by atoms with E-state index in [9.17, 15) is 18.8 Å². The number of imide groups is 1. The Kier molecular flexibility index (Phi) is 6.29. The first-order valence-electron chi connectivity index (χ1n) is 9.76. The highest BCUT2D eigenvalue weighted by Crippen LogP contribution is 2.33. The molecule has 1 N–H and O–H groups in total. The van der Waals surface area contributed by atoms with Gasteiger partial charge < -0.3 is 10.2 Å². The summed E-state index contributed by atoms with van der Waals surface area (Å²) in [6.07, 6.45) is 3.55. The predicted octanol–water partition coefficient (Wildman–Crippen LogP) is 4.75. The normalized spacial score (nSPS) is 17.7. The molecule has 3 amide bonds. The second-order valence-corrected chi connectivity index (χ2v) is 8.66. The van der Waals surface area contributed by atoms with Crippen LogP contribution >= 0.6 is 23.4 Å². The van der Waals surface area contributed by atoms with Gasteiger partial charge in [0.15, 0.2) is 0 Å². The molecule has 2 aliphatic rings. The minimum absolute atomic E-state index is 0.151. The Balaban J connectivity index is 1.43. The number of benzene rings is 2. The van der Waals surface area contributed by atoms with Crippen molar-refractivity contribution < 1.29 is 18.8 Å². The summed E-state index contributed by atoms with van der Waals surface area (Å²) >= 11 is 6.54. The Bertz CT molecular complexity index is 1070. The van der Waals surface area contributed by atoms with Gasteiger partial charge in [-0.25, -0.2) is 4.39 Å². The number of hydrogen-bond acceptors (Lipinski definition) is 5. The zero-order valence-corrected chi connectivity index (χ0v) is 18.0. The summed E-state index contributed by atoms with van der Waals surface area (Å²) in [5.74, 6) is -1.45. The largest absolute Gasteiger partial charge is 0.369 e. The Morgan fingerprint density at radius 3 is 2.52 bits per heavy atom. The highest BCUT2D eigenvalue weighted by Gasteiger charge is 2.36. The monoisotopic (exact) mass is 459 g/mol. The van der Waals surface area contributed by atoms with Gasteiger partial charge in [-0.15, -0.1) is 0 Å². The second kappa shape index (κ2) is 9.11. The quantitative estimate of drug-likeness (QED) is 0.653. The standard InChI is InChI=1S/C22H19ClFN3O3S/c23-15-4-6-16(7-5-15)25-20(28)13-27-21(29)19(31-22(27)30)12-14-3-8-18(17(24)11-14)26-9-1-2-10-26/h3-8,11-12H,1-2,9-10,13H2,(H,25,28)/b19-12-. The van der Waals surface area contributed by atoms with Gasteiger partial charge in [0.25, 0.3) is 11.1 Å². The fourth-order valence-electron chi connectivity index (χ4n) is 3.49. The third kappa shape index (κ3) is 4.91. The van der Waals surface area contributed by atoms with Crippen molar-refractivity contribution in [3.8, 4) is 0 Å². The summed E-state index contributed by atoms with van der Waals surface area (Å²) in [5.41, 5.74) is 1.53. The number of rotatable bonds is 5. The lowest BCUT2D eigenvalue weighted by atomic mass is 10.1. The number of hydrogen-bond donors (Lipinski definition) is 1. The number of halogens is 2. The molecular formula is C22H19ClFN3O3S. The summed E-state index contributed by atoms with van der Waals surface area (Å²) in [4.78, 5) is 40.2. The van der Waals surface area contributed by atoms with E-state index in [2.05, 4.69) is 5.32 Å². The molecule has 0 radical (unpaired) electrons. The minimum Gasteiger partial charge on any atom is -0.369 e. The van der Waals surface area contributed by atoms with Crippen LogP contribution in [0.1, 0.15) is 18.4 Å². The van der Waals surface area contributed by atoms with Crippen molar-refractivity contribution in [1.82, 2.24) is 4.90 Å². The smallest absolute Gasteiger partial charge is 0.294 e. The molecular weight excluding hydrogens is 441 g/mol. The Morgan fingerprint density at radius 2 is 1.84 bits per heavy atom. The average molecular weight is 460 g/mol. The van der Waals surface area contributed by atoms with Crippen molar-refractivity contribution in [3.63, 3.8) is 0 Å². The first-order chi connectivity index (χ1) is 14.9. The summed E-state index contributed by atoms with van der Waals surface area (Å²) in [6.45, 7) is 1.24. The molecule has 0 aliphatic carbocycles.